The number of hydrogen-bond acceptors (Lipinski definition) is 3. The summed E-state index contributed by atoms with van der Waals surface area (Å²) in [6, 6.07) is 10.6. The van der Waals surface area contributed by atoms with Crippen molar-refractivity contribution in [3.8, 4) is 5.75 Å². The van der Waals surface area contributed by atoms with Gasteiger partial charge in [0.25, 0.3) is 5.91 Å². The number of benzene rings is 2. The molecule has 6 nitrogen and oxygen atoms in total. The van der Waals surface area contributed by atoms with E-state index in [4.69, 9.17) is 22.1 Å². The molecule has 2 aromatic carbocycles. The third-order valence-electron chi connectivity index (χ3n) is 5.97. The largest absolute Gasteiger partial charge is 0.482 e. The average molecular weight is 448 g/mol. The van der Waals surface area contributed by atoms with E-state index in [9.17, 15) is 14.0 Å². The fourth-order valence-electron chi connectivity index (χ4n) is 4.01. The van der Waals surface area contributed by atoms with E-state index in [1.807, 2.05) is 12.1 Å². The van der Waals surface area contributed by atoms with Crippen molar-refractivity contribution in [3.05, 3.63) is 58.9 Å². The highest BCUT2D eigenvalue weighted by Gasteiger charge is 2.34. The third kappa shape index (κ3) is 6.10. The number of halogens is 2. The van der Waals surface area contributed by atoms with Gasteiger partial charge in [-0.1, -0.05) is 37.1 Å². The van der Waals surface area contributed by atoms with Gasteiger partial charge < -0.3 is 20.7 Å². The number of carbonyl (C=O) groups is 2. The zero-order chi connectivity index (χ0) is 22.4. The number of nitrogens with two attached hydrogens (primary N) is 1. The van der Waals surface area contributed by atoms with Gasteiger partial charge >= 0.3 is 6.03 Å². The number of carbonyl (C=O) groups excluding carboxylic acids is 2. The quantitative estimate of drug-likeness (QED) is 0.650. The molecule has 1 saturated heterocycles. The van der Waals surface area contributed by atoms with Crippen molar-refractivity contribution < 1.29 is 18.7 Å². The molecule has 8 heteroatoms. The van der Waals surface area contributed by atoms with Gasteiger partial charge in [-0.15, -0.1) is 0 Å². The van der Waals surface area contributed by atoms with Crippen LogP contribution in [0.5, 0.6) is 5.75 Å². The Morgan fingerprint density at radius 3 is 2.48 bits per heavy atom. The van der Waals surface area contributed by atoms with Crippen LogP contribution in [0.2, 0.25) is 5.02 Å². The summed E-state index contributed by atoms with van der Waals surface area (Å²) in [4.78, 5) is 25.7. The Labute approximate surface area is 186 Å². The molecular weight excluding hydrogens is 421 g/mol. The van der Waals surface area contributed by atoms with Gasteiger partial charge in [-0.25, -0.2) is 9.18 Å². The first kappa shape index (κ1) is 22.9. The first-order chi connectivity index (χ1) is 14.8. The molecule has 0 aromatic heterocycles. The molecule has 0 bridgehead atoms. The Kier molecular flexibility index (Phi) is 7.38. The van der Waals surface area contributed by atoms with Crippen molar-refractivity contribution in [3.63, 3.8) is 0 Å². The number of urea groups is 1. The highest BCUT2D eigenvalue weighted by atomic mass is 35.5. The van der Waals surface area contributed by atoms with Gasteiger partial charge in [0.15, 0.2) is 6.61 Å². The number of nitrogens with one attached hydrogen (secondary N) is 1. The number of hydrogen-bond donors (Lipinski definition) is 2. The minimum Gasteiger partial charge on any atom is -0.482 e. The summed E-state index contributed by atoms with van der Waals surface area (Å²) >= 11 is 5.95. The summed E-state index contributed by atoms with van der Waals surface area (Å²) in [7, 11) is 0. The lowest BCUT2D eigenvalue weighted by molar-refractivity contribution is -0.135. The first-order valence-electron chi connectivity index (χ1n) is 10.3. The summed E-state index contributed by atoms with van der Waals surface area (Å²) in [5, 5.41) is 2.86. The highest BCUT2D eigenvalue weighted by molar-refractivity contribution is 6.31. The summed E-state index contributed by atoms with van der Waals surface area (Å²) in [5.74, 6) is -0.0242. The van der Waals surface area contributed by atoms with Gasteiger partial charge in [0.05, 0.1) is 5.69 Å². The van der Waals surface area contributed by atoms with Crippen LogP contribution in [0.15, 0.2) is 42.5 Å². The van der Waals surface area contributed by atoms with Crippen LogP contribution in [0.4, 0.5) is 14.9 Å². The molecule has 1 fully saturated rings. The van der Waals surface area contributed by atoms with Crippen molar-refractivity contribution >= 4 is 29.2 Å². The molecule has 0 unspecified atom stereocenters. The fourth-order valence-corrected chi connectivity index (χ4v) is 4.18. The predicted molar refractivity (Wildman–Crippen MR) is 119 cm³/mol. The summed E-state index contributed by atoms with van der Waals surface area (Å²) < 4.78 is 18.8. The molecule has 3 amide bonds. The SMILES string of the molecule is CCC1(Cc2ccc(F)cc2)CCN(C(=O)COc2ccc(Cl)cc2NC(N)=O)CC1. The molecule has 0 saturated carbocycles. The minimum absolute atomic E-state index is 0.101. The summed E-state index contributed by atoms with van der Waals surface area (Å²) in [6.07, 6.45) is 3.62. The second-order valence-corrected chi connectivity index (χ2v) is 8.39. The van der Waals surface area contributed by atoms with Crippen molar-refractivity contribution in [2.75, 3.05) is 25.0 Å². The zero-order valence-corrected chi connectivity index (χ0v) is 18.3. The van der Waals surface area contributed by atoms with Crippen LogP contribution in [0, 0.1) is 11.2 Å². The van der Waals surface area contributed by atoms with E-state index >= 15 is 0 Å². The van der Waals surface area contributed by atoms with Crippen molar-refractivity contribution in [1.82, 2.24) is 4.90 Å². The van der Waals surface area contributed by atoms with Crippen LogP contribution in [0.1, 0.15) is 31.7 Å². The van der Waals surface area contributed by atoms with E-state index in [0.29, 0.717) is 29.5 Å². The molecule has 31 heavy (non-hydrogen) atoms. The topological polar surface area (TPSA) is 84.7 Å². The number of amides is 3. The first-order valence-corrected chi connectivity index (χ1v) is 10.7. The Morgan fingerprint density at radius 1 is 1.19 bits per heavy atom. The van der Waals surface area contributed by atoms with Crippen LogP contribution < -0.4 is 15.8 Å². The Bertz CT molecular complexity index is 928. The van der Waals surface area contributed by atoms with Gasteiger partial charge in [-0.3, -0.25) is 4.79 Å². The van der Waals surface area contributed by atoms with E-state index in [1.54, 1.807) is 17.0 Å². The number of primary amides is 1. The number of ether oxygens (including phenoxy) is 1. The predicted octanol–water partition coefficient (Wildman–Crippen LogP) is 4.61. The highest BCUT2D eigenvalue weighted by Crippen LogP contribution is 2.38. The molecule has 1 aliphatic heterocycles. The second kappa shape index (κ2) is 10.0. The molecule has 166 valence electrons. The van der Waals surface area contributed by atoms with Crippen LogP contribution in [0.25, 0.3) is 0 Å². The summed E-state index contributed by atoms with van der Waals surface area (Å²) in [5.41, 5.74) is 6.71. The monoisotopic (exact) mass is 447 g/mol. The number of piperidine rings is 1. The van der Waals surface area contributed by atoms with Gasteiger partial charge in [-0.2, -0.15) is 0 Å². The smallest absolute Gasteiger partial charge is 0.316 e. The molecule has 2 aromatic rings. The van der Waals surface area contributed by atoms with Crippen LogP contribution in [0.3, 0.4) is 0 Å². The molecule has 0 radical (unpaired) electrons. The second-order valence-electron chi connectivity index (χ2n) is 7.96. The number of rotatable bonds is 7. The van der Waals surface area contributed by atoms with Crippen molar-refractivity contribution in [2.45, 2.75) is 32.6 Å². The normalized spacial score (nSPS) is 15.4. The van der Waals surface area contributed by atoms with Gasteiger partial charge in [0.1, 0.15) is 11.6 Å². The average Bonchev–Trinajstić information content (AvgIpc) is 2.75. The lowest BCUT2D eigenvalue weighted by Crippen LogP contribution is -2.45. The van der Waals surface area contributed by atoms with Gasteiger partial charge in [0, 0.05) is 18.1 Å². The molecule has 0 aliphatic carbocycles. The number of nitrogens with zero attached hydrogens (tertiary/aromatic N) is 1. The number of anilines is 1. The van der Waals surface area contributed by atoms with Crippen molar-refractivity contribution in [1.29, 1.82) is 0 Å². The molecule has 3 N–H and O–H groups in total. The van der Waals surface area contributed by atoms with Crippen LogP contribution in [-0.2, 0) is 11.2 Å². The third-order valence-corrected chi connectivity index (χ3v) is 6.20. The molecule has 0 atom stereocenters. The lowest BCUT2D eigenvalue weighted by atomic mass is 9.72. The van der Waals surface area contributed by atoms with Crippen LogP contribution >= 0.6 is 11.6 Å². The van der Waals surface area contributed by atoms with Gasteiger partial charge in [0.2, 0.25) is 0 Å². The van der Waals surface area contributed by atoms with E-state index in [2.05, 4.69) is 12.2 Å². The lowest BCUT2D eigenvalue weighted by Gasteiger charge is -2.41. The van der Waals surface area contributed by atoms with E-state index < -0.39 is 6.03 Å². The standard InChI is InChI=1S/C23H27ClFN3O3/c1-2-23(14-16-3-6-18(25)7-4-16)9-11-28(12-10-23)21(29)15-31-20-8-5-17(24)13-19(20)27-22(26)30/h3-8,13H,2,9-12,14-15H2,1H3,(H3,26,27,30). The number of likely N-dealkylation sites (tertiary alicyclic amines) is 1. The van der Waals surface area contributed by atoms with Crippen LogP contribution in [-0.4, -0.2) is 36.5 Å². The molecule has 1 heterocycles. The Balaban J connectivity index is 1.56. The maximum atomic E-state index is 13.2. The molecule has 3 rings (SSSR count). The fraction of sp³-hybridized carbons (Fsp3) is 0.391. The minimum atomic E-state index is -0.744. The maximum Gasteiger partial charge on any atom is 0.316 e. The summed E-state index contributed by atoms with van der Waals surface area (Å²) in [6.45, 7) is 3.30. The maximum absolute atomic E-state index is 13.2. The van der Waals surface area contributed by atoms with Crippen molar-refractivity contribution in [2.24, 2.45) is 11.1 Å². The zero-order valence-electron chi connectivity index (χ0n) is 17.5. The van der Waals surface area contributed by atoms with E-state index in [0.717, 1.165) is 31.2 Å². The molecule has 0 spiro atoms. The molecular formula is C23H27ClFN3O3. The van der Waals surface area contributed by atoms with Gasteiger partial charge in [-0.05, 0) is 60.6 Å². The van der Waals surface area contributed by atoms with E-state index in [1.165, 1.54) is 18.2 Å². The Hall–Kier alpha value is -2.80. The Morgan fingerprint density at radius 2 is 1.87 bits per heavy atom. The molecule has 1 aliphatic rings. The van der Waals surface area contributed by atoms with E-state index in [-0.39, 0.29) is 23.7 Å².